The van der Waals surface area contributed by atoms with Gasteiger partial charge in [0.25, 0.3) is 5.91 Å². The van der Waals surface area contributed by atoms with Crippen molar-refractivity contribution in [3.8, 4) is 11.3 Å². The van der Waals surface area contributed by atoms with E-state index in [9.17, 15) is 4.79 Å². The molecule has 5 heteroatoms. The molecule has 2 aromatic carbocycles. The highest BCUT2D eigenvalue weighted by atomic mass is 16.1. The number of primary amides is 1. The second kappa shape index (κ2) is 6.51. The first-order valence-electron chi connectivity index (χ1n) is 8.63. The number of rotatable bonds is 3. The maximum atomic E-state index is 11.6. The summed E-state index contributed by atoms with van der Waals surface area (Å²) < 4.78 is 0. The van der Waals surface area contributed by atoms with E-state index < -0.39 is 5.91 Å². The largest absolute Gasteiger partial charge is 0.372 e. The predicted molar refractivity (Wildman–Crippen MR) is 99.6 cm³/mol. The van der Waals surface area contributed by atoms with E-state index in [2.05, 4.69) is 39.1 Å². The van der Waals surface area contributed by atoms with Crippen LogP contribution >= 0.6 is 0 Å². The lowest BCUT2D eigenvalue weighted by Crippen LogP contribution is -2.29. The summed E-state index contributed by atoms with van der Waals surface area (Å²) in [6, 6.07) is 13.7. The summed E-state index contributed by atoms with van der Waals surface area (Å²) in [6.07, 6.45) is 5.58. The van der Waals surface area contributed by atoms with Crippen molar-refractivity contribution in [2.45, 2.75) is 19.3 Å². The fourth-order valence-corrected chi connectivity index (χ4v) is 3.37. The SMILES string of the molecule is NC(=O)c1cccc2ncc(-c3ccc(N4CCCCC4)cc3)nc12. The molecule has 0 aliphatic carbocycles. The van der Waals surface area contributed by atoms with Gasteiger partial charge in [0.1, 0.15) is 5.52 Å². The van der Waals surface area contributed by atoms with Crippen molar-refractivity contribution >= 4 is 22.6 Å². The zero-order valence-corrected chi connectivity index (χ0v) is 14.0. The Morgan fingerprint density at radius 2 is 1.76 bits per heavy atom. The molecule has 4 rings (SSSR count). The number of benzene rings is 2. The lowest BCUT2D eigenvalue weighted by molar-refractivity contribution is 0.100. The number of para-hydroxylation sites is 1. The minimum Gasteiger partial charge on any atom is -0.372 e. The standard InChI is InChI=1S/C20H20N4O/c21-20(25)16-5-4-6-17-19(16)23-18(13-22-17)14-7-9-15(10-8-14)24-11-2-1-3-12-24/h4-10,13H,1-3,11-12H2,(H2,21,25). The molecule has 126 valence electrons. The van der Waals surface area contributed by atoms with E-state index in [4.69, 9.17) is 5.73 Å². The van der Waals surface area contributed by atoms with Crippen molar-refractivity contribution in [3.63, 3.8) is 0 Å². The van der Waals surface area contributed by atoms with Crippen molar-refractivity contribution in [2.24, 2.45) is 5.73 Å². The molecule has 0 bridgehead atoms. The lowest BCUT2D eigenvalue weighted by atomic mass is 10.1. The Balaban J connectivity index is 1.69. The highest BCUT2D eigenvalue weighted by molar-refractivity contribution is 6.04. The van der Waals surface area contributed by atoms with Gasteiger partial charge in [-0.15, -0.1) is 0 Å². The van der Waals surface area contributed by atoms with Crippen LogP contribution in [0.5, 0.6) is 0 Å². The average molecular weight is 332 g/mol. The summed E-state index contributed by atoms with van der Waals surface area (Å²) in [6.45, 7) is 2.24. The highest BCUT2D eigenvalue weighted by Crippen LogP contribution is 2.25. The normalized spacial score (nSPS) is 14.6. The third kappa shape index (κ3) is 3.05. The number of aromatic nitrogens is 2. The van der Waals surface area contributed by atoms with Crippen molar-refractivity contribution < 1.29 is 4.79 Å². The van der Waals surface area contributed by atoms with Crippen LogP contribution in [0.3, 0.4) is 0 Å². The smallest absolute Gasteiger partial charge is 0.250 e. The van der Waals surface area contributed by atoms with Gasteiger partial charge in [-0.05, 0) is 43.5 Å². The Bertz CT molecular complexity index is 915. The Morgan fingerprint density at radius 3 is 2.48 bits per heavy atom. The van der Waals surface area contributed by atoms with Gasteiger partial charge in [0.2, 0.25) is 0 Å². The molecule has 2 heterocycles. The molecule has 5 nitrogen and oxygen atoms in total. The van der Waals surface area contributed by atoms with Crippen LogP contribution in [0.2, 0.25) is 0 Å². The molecule has 0 spiro atoms. The van der Waals surface area contributed by atoms with E-state index in [0.29, 0.717) is 16.6 Å². The van der Waals surface area contributed by atoms with Crippen LogP contribution in [0.4, 0.5) is 5.69 Å². The number of nitrogens with two attached hydrogens (primary N) is 1. The van der Waals surface area contributed by atoms with Gasteiger partial charge in [0.15, 0.2) is 0 Å². The third-order valence-corrected chi connectivity index (χ3v) is 4.72. The van der Waals surface area contributed by atoms with Gasteiger partial charge in [-0.1, -0.05) is 18.2 Å². The topological polar surface area (TPSA) is 72.1 Å². The molecule has 1 amide bonds. The van der Waals surface area contributed by atoms with E-state index in [0.717, 1.165) is 24.3 Å². The fraction of sp³-hybridized carbons (Fsp3) is 0.250. The number of carbonyl (C=O) groups excluding carboxylic acids is 1. The molecule has 0 unspecified atom stereocenters. The molecule has 0 atom stereocenters. The second-order valence-corrected chi connectivity index (χ2v) is 6.39. The number of hydrogen-bond donors (Lipinski definition) is 1. The first-order valence-corrected chi connectivity index (χ1v) is 8.63. The average Bonchev–Trinajstić information content (AvgIpc) is 2.68. The summed E-state index contributed by atoms with van der Waals surface area (Å²) in [5.74, 6) is -0.488. The van der Waals surface area contributed by atoms with E-state index in [1.807, 2.05) is 6.07 Å². The number of carbonyl (C=O) groups is 1. The number of piperidine rings is 1. The summed E-state index contributed by atoms with van der Waals surface area (Å²) in [4.78, 5) is 23.1. The van der Waals surface area contributed by atoms with E-state index in [1.54, 1.807) is 18.3 Å². The molecule has 25 heavy (non-hydrogen) atoms. The van der Waals surface area contributed by atoms with E-state index in [1.165, 1.54) is 24.9 Å². The highest BCUT2D eigenvalue weighted by Gasteiger charge is 2.12. The predicted octanol–water partition coefficient (Wildman–Crippen LogP) is 3.39. The van der Waals surface area contributed by atoms with Crippen LogP contribution in [-0.4, -0.2) is 29.0 Å². The number of hydrogen-bond acceptors (Lipinski definition) is 4. The van der Waals surface area contributed by atoms with Crippen LogP contribution < -0.4 is 10.6 Å². The third-order valence-electron chi connectivity index (χ3n) is 4.72. The minimum absolute atomic E-state index is 0.400. The maximum absolute atomic E-state index is 11.6. The zero-order chi connectivity index (χ0) is 17.2. The molecule has 1 aromatic heterocycles. The fourth-order valence-electron chi connectivity index (χ4n) is 3.37. The number of nitrogens with zero attached hydrogens (tertiary/aromatic N) is 3. The van der Waals surface area contributed by atoms with Crippen molar-refractivity contribution in [1.82, 2.24) is 9.97 Å². The Morgan fingerprint density at radius 1 is 1.00 bits per heavy atom. The van der Waals surface area contributed by atoms with Crippen LogP contribution in [0, 0.1) is 0 Å². The minimum atomic E-state index is -0.488. The molecule has 0 radical (unpaired) electrons. The lowest BCUT2D eigenvalue weighted by Gasteiger charge is -2.28. The Kier molecular flexibility index (Phi) is 4.06. The Hall–Kier alpha value is -2.95. The Labute approximate surface area is 146 Å². The molecule has 1 aliphatic heterocycles. The van der Waals surface area contributed by atoms with Crippen LogP contribution in [0.25, 0.3) is 22.3 Å². The molecular formula is C20H20N4O. The monoisotopic (exact) mass is 332 g/mol. The molecular weight excluding hydrogens is 312 g/mol. The summed E-state index contributed by atoms with van der Waals surface area (Å²) >= 11 is 0. The zero-order valence-electron chi connectivity index (χ0n) is 14.0. The van der Waals surface area contributed by atoms with Crippen molar-refractivity contribution in [3.05, 3.63) is 54.2 Å². The quantitative estimate of drug-likeness (QED) is 0.798. The maximum Gasteiger partial charge on any atom is 0.250 e. The van der Waals surface area contributed by atoms with E-state index in [-0.39, 0.29) is 0 Å². The van der Waals surface area contributed by atoms with Crippen LogP contribution in [-0.2, 0) is 0 Å². The van der Waals surface area contributed by atoms with Crippen LogP contribution in [0.15, 0.2) is 48.7 Å². The van der Waals surface area contributed by atoms with Gasteiger partial charge in [0, 0.05) is 24.3 Å². The summed E-state index contributed by atoms with van der Waals surface area (Å²) in [5.41, 5.74) is 10.0. The van der Waals surface area contributed by atoms with Gasteiger partial charge >= 0.3 is 0 Å². The van der Waals surface area contributed by atoms with Gasteiger partial charge in [0.05, 0.1) is 23.0 Å². The number of fused-ring (bicyclic) bond motifs is 1. The van der Waals surface area contributed by atoms with Gasteiger partial charge in [-0.2, -0.15) is 0 Å². The first-order chi connectivity index (χ1) is 12.2. The molecule has 1 fully saturated rings. The summed E-state index contributed by atoms with van der Waals surface area (Å²) in [7, 11) is 0. The molecule has 2 N–H and O–H groups in total. The van der Waals surface area contributed by atoms with Crippen molar-refractivity contribution in [2.75, 3.05) is 18.0 Å². The molecule has 1 saturated heterocycles. The van der Waals surface area contributed by atoms with E-state index >= 15 is 0 Å². The molecule has 0 saturated carbocycles. The van der Waals surface area contributed by atoms with Gasteiger partial charge < -0.3 is 10.6 Å². The summed E-state index contributed by atoms with van der Waals surface area (Å²) in [5, 5.41) is 0. The molecule has 1 aliphatic rings. The van der Waals surface area contributed by atoms with Gasteiger partial charge in [-0.3, -0.25) is 9.78 Å². The van der Waals surface area contributed by atoms with Gasteiger partial charge in [-0.25, -0.2) is 4.98 Å². The van der Waals surface area contributed by atoms with Crippen LogP contribution in [0.1, 0.15) is 29.6 Å². The number of amides is 1. The molecule has 3 aromatic rings. The van der Waals surface area contributed by atoms with Crippen molar-refractivity contribution in [1.29, 1.82) is 0 Å². The second-order valence-electron chi connectivity index (χ2n) is 6.39. The number of anilines is 1. The first kappa shape index (κ1) is 15.6.